The average Bonchev–Trinajstić information content (AvgIpc) is 2.69. The maximum absolute atomic E-state index is 12.9. The first kappa shape index (κ1) is 25.2. The molecule has 0 bridgehead atoms. The van der Waals surface area contributed by atoms with Gasteiger partial charge in [0.2, 0.25) is 5.91 Å². The largest absolute Gasteiger partial charge is 0.384 e. The molecule has 2 fully saturated rings. The predicted molar refractivity (Wildman–Crippen MR) is 119 cm³/mol. The van der Waals surface area contributed by atoms with Gasteiger partial charge in [0.15, 0.2) is 0 Å². The minimum absolute atomic E-state index is 0. The van der Waals surface area contributed by atoms with Crippen molar-refractivity contribution in [1.29, 1.82) is 0 Å². The van der Waals surface area contributed by atoms with Gasteiger partial charge in [-0.25, -0.2) is 0 Å². The van der Waals surface area contributed by atoms with Gasteiger partial charge in [0.25, 0.3) is 0 Å². The molecule has 0 unspecified atom stereocenters. The summed E-state index contributed by atoms with van der Waals surface area (Å²) in [4.78, 5) is 15.5. The highest BCUT2D eigenvalue weighted by Gasteiger charge is 2.40. The minimum atomic E-state index is -0.343. The van der Waals surface area contributed by atoms with Gasteiger partial charge in [-0.1, -0.05) is 30.3 Å². The molecule has 1 aromatic rings. The van der Waals surface area contributed by atoms with Crippen LogP contribution in [-0.4, -0.2) is 63.3 Å². The summed E-state index contributed by atoms with van der Waals surface area (Å²) in [6.45, 7) is 5.55. The van der Waals surface area contributed by atoms with E-state index in [0.717, 1.165) is 64.8 Å². The van der Waals surface area contributed by atoms with Crippen molar-refractivity contribution in [2.24, 2.45) is 5.41 Å². The first-order valence-electron chi connectivity index (χ1n) is 9.99. The Hall–Kier alpha value is -0.850. The fourth-order valence-electron chi connectivity index (χ4n) is 4.19. The highest BCUT2D eigenvalue weighted by Crippen LogP contribution is 2.30. The van der Waals surface area contributed by atoms with Gasteiger partial charge >= 0.3 is 0 Å². The summed E-state index contributed by atoms with van der Waals surface area (Å²) in [6, 6.07) is 11.0. The van der Waals surface area contributed by atoms with Crippen LogP contribution in [0.1, 0.15) is 31.2 Å². The third kappa shape index (κ3) is 6.89. The van der Waals surface area contributed by atoms with Crippen LogP contribution in [0.15, 0.2) is 30.3 Å². The SMILES string of the molecule is COCC1(C(=O)NC2CCN(CCc3ccccc3)CC2)CCNCC1.Cl.Cl. The van der Waals surface area contributed by atoms with E-state index in [1.807, 2.05) is 0 Å². The standard InChI is InChI=1S/C21H33N3O2.2ClH/c1-26-17-21(10-12-22-13-11-21)20(25)23-19-8-15-24(16-9-19)14-7-18-5-3-2-4-6-18;;/h2-6,19,22H,7-17H2,1H3,(H,23,25);2*1H. The van der Waals surface area contributed by atoms with Gasteiger partial charge in [-0.2, -0.15) is 0 Å². The molecule has 3 rings (SSSR count). The highest BCUT2D eigenvalue weighted by atomic mass is 35.5. The normalized spacial score (nSPS) is 19.9. The van der Waals surface area contributed by atoms with Gasteiger partial charge in [-0.15, -0.1) is 24.8 Å². The summed E-state index contributed by atoms with van der Waals surface area (Å²) in [5.74, 6) is 0.198. The van der Waals surface area contributed by atoms with Crippen LogP contribution >= 0.6 is 24.8 Å². The Kier molecular flexibility index (Phi) is 11.4. The fraction of sp³-hybridized carbons (Fsp3) is 0.667. The van der Waals surface area contributed by atoms with Crippen molar-refractivity contribution >= 4 is 30.7 Å². The third-order valence-corrected chi connectivity index (χ3v) is 5.95. The molecule has 2 aliphatic rings. The Morgan fingerprint density at radius 3 is 2.43 bits per heavy atom. The number of halogens is 2. The lowest BCUT2D eigenvalue weighted by Gasteiger charge is -2.38. The van der Waals surface area contributed by atoms with Gasteiger partial charge in [0.1, 0.15) is 0 Å². The Balaban J connectivity index is 0.00000196. The summed E-state index contributed by atoms with van der Waals surface area (Å²) < 4.78 is 5.39. The van der Waals surface area contributed by atoms with Crippen molar-refractivity contribution < 1.29 is 9.53 Å². The third-order valence-electron chi connectivity index (χ3n) is 5.95. The van der Waals surface area contributed by atoms with E-state index < -0.39 is 0 Å². The first-order chi connectivity index (χ1) is 12.7. The first-order valence-corrected chi connectivity index (χ1v) is 9.99. The second-order valence-electron chi connectivity index (χ2n) is 7.79. The number of piperidine rings is 2. The van der Waals surface area contributed by atoms with E-state index in [0.29, 0.717) is 12.6 Å². The van der Waals surface area contributed by atoms with Crippen LogP contribution in [0.25, 0.3) is 0 Å². The number of carbonyl (C=O) groups excluding carboxylic acids is 1. The second kappa shape index (κ2) is 12.7. The fourth-order valence-corrected chi connectivity index (χ4v) is 4.19. The smallest absolute Gasteiger partial charge is 0.228 e. The second-order valence-corrected chi connectivity index (χ2v) is 7.79. The van der Waals surface area contributed by atoms with Crippen molar-refractivity contribution in [3.05, 3.63) is 35.9 Å². The van der Waals surface area contributed by atoms with Crippen LogP contribution in [-0.2, 0) is 16.0 Å². The van der Waals surface area contributed by atoms with Crippen LogP contribution < -0.4 is 10.6 Å². The lowest BCUT2D eigenvalue weighted by molar-refractivity contribution is -0.137. The quantitative estimate of drug-likeness (QED) is 0.696. The number of nitrogens with zero attached hydrogens (tertiary/aromatic N) is 1. The number of methoxy groups -OCH3 is 1. The molecule has 0 aliphatic carbocycles. The van der Waals surface area contributed by atoms with Crippen molar-refractivity contribution in [3.63, 3.8) is 0 Å². The zero-order valence-corrected chi connectivity index (χ0v) is 18.5. The molecule has 0 radical (unpaired) electrons. The summed E-state index contributed by atoms with van der Waals surface area (Å²) in [6.07, 6.45) is 4.91. The molecule has 0 spiro atoms. The Bertz CT molecular complexity index is 555. The number of ether oxygens (including phenoxy) is 1. The number of likely N-dealkylation sites (tertiary alicyclic amines) is 1. The summed E-state index contributed by atoms with van der Waals surface area (Å²) in [7, 11) is 1.70. The minimum Gasteiger partial charge on any atom is -0.384 e. The number of benzene rings is 1. The van der Waals surface area contributed by atoms with E-state index in [9.17, 15) is 4.79 Å². The molecular weight excluding hydrogens is 397 g/mol. The van der Waals surface area contributed by atoms with Crippen LogP contribution in [0.3, 0.4) is 0 Å². The van der Waals surface area contributed by atoms with E-state index >= 15 is 0 Å². The number of carbonyl (C=O) groups is 1. The topological polar surface area (TPSA) is 53.6 Å². The van der Waals surface area contributed by atoms with Crippen molar-refractivity contribution in [2.75, 3.05) is 46.4 Å². The van der Waals surface area contributed by atoms with E-state index in [1.165, 1.54) is 5.56 Å². The summed E-state index contributed by atoms with van der Waals surface area (Å²) in [5, 5.41) is 6.68. The summed E-state index contributed by atoms with van der Waals surface area (Å²) in [5.41, 5.74) is 1.06. The zero-order chi connectivity index (χ0) is 18.2. The van der Waals surface area contributed by atoms with E-state index in [1.54, 1.807) is 7.11 Å². The molecule has 7 heteroatoms. The molecule has 2 N–H and O–H groups in total. The van der Waals surface area contributed by atoms with E-state index in [2.05, 4.69) is 45.9 Å². The van der Waals surface area contributed by atoms with Crippen molar-refractivity contribution in [1.82, 2.24) is 15.5 Å². The Labute approximate surface area is 181 Å². The van der Waals surface area contributed by atoms with Crippen LogP contribution in [0.2, 0.25) is 0 Å². The molecule has 0 aromatic heterocycles. The van der Waals surface area contributed by atoms with Gasteiger partial charge < -0.3 is 20.3 Å². The van der Waals surface area contributed by atoms with Gasteiger partial charge in [-0.3, -0.25) is 4.79 Å². The van der Waals surface area contributed by atoms with Gasteiger partial charge in [-0.05, 0) is 50.8 Å². The van der Waals surface area contributed by atoms with Crippen LogP contribution in [0.5, 0.6) is 0 Å². The van der Waals surface area contributed by atoms with Crippen LogP contribution in [0, 0.1) is 5.41 Å². The molecule has 2 saturated heterocycles. The molecule has 5 nitrogen and oxygen atoms in total. The Morgan fingerprint density at radius 2 is 1.82 bits per heavy atom. The number of amides is 1. The molecule has 1 amide bonds. The number of rotatable bonds is 7. The molecule has 0 saturated carbocycles. The van der Waals surface area contributed by atoms with Gasteiger partial charge in [0, 0.05) is 32.8 Å². The lowest BCUT2D eigenvalue weighted by Crippen LogP contribution is -2.54. The number of nitrogens with one attached hydrogen (secondary N) is 2. The number of hydrogen-bond donors (Lipinski definition) is 2. The van der Waals surface area contributed by atoms with Crippen LogP contribution in [0.4, 0.5) is 0 Å². The zero-order valence-electron chi connectivity index (χ0n) is 16.8. The monoisotopic (exact) mass is 431 g/mol. The molecule has 2 heterocycles. The Morgan fingerprint density at radius 1 is 1.18 bits per heavy atom. The van der Waals surface area contributed by atoms with Crippen molar-refractivity contribution in [3.8, 4) is 0 Å². The molecule has 1 aromatic carbocycles. The van der Waals surface area contributed by atoms with E-state index in [4.69, 9.17) is 4.74 Å². The molecule has 0 atom stereocenters. The highest BCUT2D eigenvalue weighted by molar-refractivity contribution is 5.85. The predicted octanol–water partition coefficient (Wildman–Crippen LogP) is 2.67. The maximum atomic E-state index is 12.9. The van der Waals surface area contributed by atoms with Crippen molar-refractivity contribution in [2.45, 2.75) is 38.1 Å². The maximum Gasteiger partial charge on any atom is 0.228 e. The summed E-state index contributed by atoms with van der Waals surface area (Å²) >= 11 is 0. The molecule has 2 aliphatic heterocycles. The number of hydrogen-bond acceptors (Lipinski definition) is 4. The van der Waals surface area contributed by atoms with Gasteiger partial charge in [0.05, 0.1) is 12.0 Å². The molecule has 28 heavy (non-hydrogen) atoms. The molecule has 160 valence electrons. The molecular formula is C21H35Cl2N3O2. The lowest BCUT2D eigenvalue weighted by atomic mass is 9.78. The van der Waals surface area contributed by atoms with E-state index in [-0.39, 0.29) is 36.1 Å². The average molecular weight is 432 g/mol.